The Kier molecular flexibility index (Phi) is 13.8. The molecule has 0 spiro atoms. The van der Waals surface area contributed by atoms with Gasteiger partial charge in [0, 0.05) is 8.80 Å². The first kappa shape index (κ1) is 9.35. The molecular formula is C4H9OSi. The van der Waals surface area contributed by atoms with E-state index in [0.29, 0.717) is 0 Å². The molecule has 0 amide bonds. The second-order valence-corrected chi connectivity index (χ2v) is 4.50. The van der Waals surface area contributed by atoms with Crippen molar-refractivity contribution in [2.45, 2.75) is 19.6 Å². The van der Waals surface area contributed by atoms with Gasteiger partial charge in [-0.15, -0.1) is 0 Å². The van der Waals surface area contributed by atoms with Gasteiger partial charge in [0.05, 0.1) is 0 Å². The summed E-state index contributed by atoms with van der Waals surface area (Å²) in [6.07, 6.45) is 0. The van der Waals surface area contributed by atoms with Crippen LogP contribution in [-0.2, 0) is 4.65 Å². The van der Waals surface area contributed by atoms with Crippen LogP contribution in [0.5, 0.6) is 0 Å². The van der Waals surface area contributed by atoms with E-state index in [4.69, 9.17) is 4.65 Å². The Morgan fingerprint density at radius 1 is 1.17 bits per heavy atom. The summed E-state index contributed by atoms with van der Waals surface area (Å²) in [5.74, 6) is 0. The third-order valence-corrected chi connectivity index (χ3v) is 0. The van der Waals surface area contributed by atoms with Crippen molar-refractivity contribution < 1.29 is 4.65 Å². The van der Waals surface area contributed by atoms with Crippen LogP contribution in [0, 0.1) is 6.65 Å². The summed E-state index contributed by atoms with van der Waals surface area (Å²) < 4.78 is 7.50. The molecule has 2 heteroatoms. The van der Waals surface area contributed by atoms with Crippen LogP contribution in [0.2, 0.25) is 19.6 Å². The van der Waals surface area contributed by atoms with Crippen LogP contribution >= 0.6 is 0 Å². The fourth-order valence-corrected chi connectivity index (χ4v) is 0. The molecule has 0 saturated heterocycles. The van der Waals surface area contributed by atoms with Crippen molar-refractivity contribution in [3.8, 4) is 0 Å². The van der Waals surface area contributed by atoms with E-state index in [9.17, 15) is 0 Å². The third-order valence-electron chi connectivity index (χ3n) is 0. The van der Waals surface area contributed by atoms with Crippen molar-refractivity contribution in [3.05, 3.63) is 6.65 Å². The quantitative estimate of drug-likeness (QED) is 0.249. The Balaban J connectivity index is 0. The Morgan fingerprint density at radius 3 is 1.17 bits per heavy atom. The predicted molar refractivity (Wildman–Crippen MR) is 27.3 cm³/mol. The zero-order valence-electron chi connectivity index (χ0n) is 4.41. The molecule has 0 aromatic heterocycles. The van der Waals surface area contributed by atoms with E-state index in [1.807, 2.05) is 0 Å². The molecule has 0 heterocycles. The first-order valence-electron chi connectivity index (χ1n) is 1.70. The van der Waals surface area contributed by atoms with E-state index in [1.165, 1.54) is 0 Å². The molecule has 1 nitrogen and oxygen atoms in total. The summed E-state index contributed by atoms with van der Waals surface area (Å²) >= 11 is 0. The molecule has 0 rings (SSSR count). The standard InChI is InChI=1S/C3H9Si.CO/c1-4(2)3;1-2/h1-3H3;. The average Bonchev–Trinajstić information content (AvgIpc) is 1.41. The normalized spacial score (nSPS) is 6.33. The molecule has 0 unspecified atom stereocenters. The summed E-state index contributed by atoms with van der Waals surface area (Å²) in [6.45, 7) is 11.3. The fraction of sp³-hybridized carbons (Fsp3) is 0.750. The molecule has 0 atom stereocenters. The second-order valence-electron chi connectivity index (χ2n) is 1.50. The molecule has 0 aliphatic rings. The van der Waals surface area contributed by atoms with Crippen LogP contribution in [0.1, 0.15) is 0 Å². The van der Waals surface area contributed by atoms with Gasteiger partial charge in [0.2, 0.25) is 0 Å². The van der Waals surface area contributed by atoms with E-state index < -0.39 is 0 Å². The molecule has 0 fully saturated rings. The van der Waals surface area contributed by atoms with Crippen LogP contribution in [0.15, 0.2) is 0 Å². The fourth-order valence-electron chi connectivity index (χ4n) is 0. The molecule has 0 aliphatic carbocycles. The maximum absolute atomic E-state index is 7.50. The topological polar surface area (TPSA) is 19.9 Å². The number of hydrogen-bond acceptors (Lipinski definition) is 0. The van der Waals surface area contributed by atoms with Crippen molar-refractivity contribution in [2.75, 3.05) is 0 Å². The Labute approximate surface area is 40.7 Å². The third kappa shape index (κ3) is 18600. The van der Waals surface area contributed by atoms with E-state index in [0.717, 1.165) is 0 Å². The van der Waals surface area contributed by atoms with Crippen molar-refractivity contribution in [1.82, 2.24) is 0 Å². The predicted octanol–water partition coefficient (Wildman–Crippen LogP) is 1.33. The Morgan fingerprint density at radius 2 is 1.17 bits per heavy atom. The van der Waals surface area contributed by atoms with Gasteiger partial charge in [0.15, 0.2) is 0 Å². The Hall–Kier alpha value is -0.0431. The molecule has 35 valence electrons. The first-order chi connectivity index (χ1) is 2.73. The van der Waals surface area contributed by atoms with Gasteiger partial charge in [-0.05, 0) is 0 Å². The van der Waals surface area contributed by atoms with E-state index >= 15 is 0 Å². The molecule has 0 aromatic rings. The van der Waals surface area contributed by atoms with E-state index in [-0.39, 0.29) is 8.80 Å². The van der Waals surface area contributed by atoms with Crippen LogP contribution in [0.4, 0.5) is 0 Å². The first-order valence-corrected chi connectivity index (χ1v) is 4.70. The zero-order valence-corrected chi connectivity index (χ0v) is 5.41. The number of rotatable bonds is 0. The molecule has 1 radical (unpaired) electrons. The van der Waals surface area contributed by atoms with E-state index in [2.05, 4.69) is 26.3 Å². The molecule has 0 aliphatic heterocycles. The Bertz CT molecular complexity index is 29.0. The van der Waals surface area contributed by atoms with Gasteiger partial charge in [0.25, 0.3) is 0 Å². The summed E-state index contributed by atoms with van der Waals surface area (Å²) in [6, 6.07) is 0. The van der Waals surface area contributed by atoms with Gasteiger partial charge >= 0.3 is 11.3 Å². The maximum atomic E-state index is 7.50. The van der Waals surface area contributed by atoms with Crippen molar-refractivity contribution in [1.29, 1.82) is 0 Å². The van der Waals surface area contributed by atoms with Crippen LogP contribution in [-0.4, -0.2) is 8.80 Å². The molecule has 6 heavy (non-hydrogen) atoms. The van der Waals surface area contributed by atoms with Gasteiger partial charge in [0.1, 0.15) is 0 Å². The summed E-state index contributed by atoms with van der Waals surface area (Å²) in [5.41, 5.74) is 0. The van der Waals surface area contributed by atoms with Crippen LogP contribution in [0.25, 0.3) is 0 Å². The monoisotopic (exact) mass is 101 g/mol. The minimum absolute atomic E-state index is 0.120. The molecule has 0 bridgehead atoms. The second kappa shape index (κ2) is 8.88. The van der Waals surface area contributed by atoms with Crippen molar-refractivity contribution in [3.63, 3.8) is 0 Å². The van der Waals surface area contributed by atoms with Gasteiger partial charge in [-0.25, -0.2) is 0 Å². The molecule has 0 aromatic carbocycles. The van der Waals surface area contributed by atoms with Crippen LogP contribution in [0.3, 0.4) is 0 Å². The summed E-state index contributed by atoms with van der Waals surface area (Å²) in [4.78, 5) is 0. The summed E-state index contributed by atoms with van der Waals surface area (Å²) in [5, 5.41) is 0. The molecular weight excluding hydrogens is 92.1 g/mol. The van der Waals surface area contributed by atoms with Crippen LogP contribution < -0.4 is 0 Å². The van der Waals surface area contributed by atoms with Gasteiger partial charge in [-0.2, -0.15) is 0 Å². The average molecular weight is 101 g/mol. The van der Waals surface area contributed by atoms with Gasteiger partial charge in [-0.3, -0.25) is 0 Å². The van der Waals surface area contributed by atoms with E-state index in [1.54, 1.807) is 0 Å². The molecule has 0 N–H and O–H groups in total. The van der Waals surface area contributed by atoms with Crippen molar-refractivity contribution >= 4 is 8.80 Å². The number of hydrogen-bond donors (Lipinski definition) is 0. The van der Waals surface area contributed by atoms with Gasteiger partial charge < -0.3 is 0 Å². The van der Waals surface area contributed by atoms with Gasteiger partial charge in [-0.1, -0.05) is 19.6 Å². The minimum atomic E-state index is 0.120. The summed E-state index contributed by atoms with van der Waals surface area (Å²) in [7, 11) is 0.120. The SMILES string of the molecule is C[Si](C)C.[C-]#[O+]. The van der Waals surface area contributed by atoms with Crippen molar-refractivity contribution in [2.24, 2.45) is 0 Å². The molecule has 0 saturated carbocycles. The zero-order chi connectivity index (χ0) is 5.58.